The van der Waals surface area contributed by atoms with Gasteiger partial charge in [-0.15, -0.1) is 0 Å². The van der Waals surface area contributed by atoms with Crippen molar-refractivity contribution in [3.05, 3.63) is 90.1 Å². The second-order valence-corrected chi connectivity index (χ2v) is 8.05. The minimum Gasteiger partial charge on any atom is -0.459 e. The minimum absolute atomic E-state index is 0.0394. The normalized spacial score (nSPS) is 20.5. The minimum atomic E-state index is -0.214. The molecule has 0 radical (unpaired) electrons. The lowest BCUT2D eigenvalue weighted by Gasteiger charge is -2.61. The van der Waals surface area contributed by atoms with E-state index in [0.717, 1.165) is 25.1 Å². The topological polar surface area (TPSA) is 36.7 Å². The number of anilines is 1. The number of carbonyl (C=O) groups is 1. The molecule has 1 unspecified atom stereocenters. The molecule has 0 bridgehead atoms. The van der Waals surface area contributed by atoms with Crippen LogP contribution in [0.1, 0.15) is 35.0 Å². The Balaban J connectivity index is 1.39. The monoisotopic (exact) mass is 390 g/mol. The highest BCUT2D eigenvalue weighted by atomic mass is 19.1. The van der Waals surface area contributed by atoms with Crippen LogP contribution in [0.4, 0.5) is 10.1 Å². The van der Waals surface area contributed by atoms with E-state index >= 15 is 0 Å². The van der Waals surface area contributed by atoms with Crippen molar-refractivity contribution in [2.24, 2.45) is 5.41 Å². The molecule has 1 atom stereocenters. The van der Waals surface area contributed by atoms with E-state index in [2.05, 4.69) is 29.2 Å². The number of halogens is 1. The fraction of sp³-hybridized carbons (Fsp3) is 0.292. The molecule has 1 aromatic heterocycles. The van der Waals surface area contributed by atoms with Gasteiger partial charge < -0.3 is 14.2 Å². The maximum absolute atomic E-state index is 13.8. The zero-order chi connectivity index (χ0) is 19.8. The summed E-state index contributed by atoms with van der Waals surface area (Å²) in [7, 11) is 0. The van der Waals surface area contributed by atoms with Crippen LogP contribution in [0.25, 0.3) is 0 Å². The van der Waals surface area contributed by atoms with Crippen molar-refractivity contribution >= 4 is 11.6 Å². The van der Waals surface area contributed by atoms with E-state index in [4.69, 9.17) is 4.42 Å². The smallest absolute Gasteiger partial charge is 0.289 e. The average molecular weight is 390 g/mol. The third-order valence-electron chi connectivity index (χ3n) is 6.41. The van der Waals surface area contributed by atoms with Gasteiger partial charge in [0.05, 0.1) is 12.3 Å². The zero-order valence-electron chi connectivity index (χ0n) is 16.1. The quantitative estimate of drug-likeness (QED) is 0.638. The van der Waals surface area contributed by atoms with Gasteiger partial charge in [-0.3, -0.25) is 4.79 Å². The third kappa shape index (κ3) is 3.11. The van der Waals surface area contributed by atoms with Crippen LogP contribution >= 0.6 is 0 Å². The Morgan fingerprint density at radius 3 is 2.48 bits per heavy atom. The predicted molar refractivity (Wildman–Crippen MR) is 109 cm³/mol. The van der Waals surface area contributed by atoms with E-state index in [0.29, 0.717) is 18.8 Å². The first-order chi connectivity index (χ1) is 14.2. The Morgan fingerprint density at radius 1 is 1.00 bits per heavy atom. The Hall–Kier alpha value is -3.08. The Kier molecular flexibility index (Phi) is 4.38. The summed E-state index contributed by atoms with van der Waals surface area (Å²) in [6.45, 7) is 2.29. The van der Waals surface area contributed by atoms with E-state index < -0.39 is 0 Å². The molecule has 0 saturated carbocycles. The number of carbonyl (C=O) groups excluding carboxylic acids is 1. The summed E-state index contributed by atoms with van der Waals surface area (Å²) < 4.78 is 19.1. The van der Waals surface area contributed by atoms with Gasteiger partial charge in [-0.1, -0.05) is 36.4 Å². The van der Waals surface area contributed by atoms with Gasteiger partial charge in [0.25, 0.3) is 5.91 Å². The highest BCUT2D eigenvalue weighted by Gasteiger charge is 2.54. The van der Waals surface area contributed by atoms with Crippen LogP contribution in [-0.4, -0.2) is 30.4 Å². The average Bonchev–Trinajstić information content (AvgIpc) is 3.28. The molecule has 148 valence electrons. The Morgan fingerprint density at radius 2 is 1.79 bits per heavy atom. The van der Waals surface area contributed by atoms with Crippen molar-refractivity contribution in [3.8, 4) is 0 Å². The van der Waals surface area contributed by atoms with Crippen molar-refractivity contribution < 1.29 is 13.6 Å². The van der Waals surface area contributed by atoms with Gasteiger partial charge in [-0.05, 0) is 48.7 Å². The molecule has 29 heavy (non-hydrogen) atoms. The van der Waals surface area contributed by atoms with E-state index in [-0.39, 0.29) is 23.2 Å². The lowest BCUT2D eigenvalue weighted by Crippen LogP contribution is -2.62. The molecule has 3 aromatic rings. The van der Waals surface area contributed by atoms with Crippen molar-refractivity contribution in [1.29, 1.82) is 0 Å². The fourth-order valence-electron chi connectivity index (χ4n) is 4.94. The van der Waals surface area contributed by atoms with Crippen molar-refractivity contribution in [2.75, 3.05) is 24.5 Å². The molecule has 2 saturated heterocycles. The predicted octanol–water partition coefficient (Wildman–Crippen LogP) is 4.90. The molecule has 1 amide bonds. The molecule has 2 aromatic carbocycles. The maximum atomic E-state index is 13.8. The van der Waals surface area contributed by atoms with Gasteiger partial charge in [0, 0.05) is 30.7 Å². The van der Waals surface area contributed by atoms with Gasteiger partial charge >= 0.3 is 0 Å². The molecule has 2 aliphatic heterocycles. The van der Waals surface area contributed by atoms with Gasteiger partial charge in [0.2, 0.25) is 0 Å². The molecular weight excluding hydrogens is 367 g/mol. The first kappa shape index (κ1) is 18.0. The van der Waals surface area contributed by atoms with Crippen LogP contribution in [0.5, 0.6) is 0 Å². The fourth-order valence-corrected chi connectivity index (χ4v) is 4.94. The maximum Gasteiger partial charge on any atom is 0.289 e. The second-order valence-electron chi connectivity index (χ2n) is 8.05. The van der Waals surface area contributed by atoms with Crippen LogP contribution < -0.4 is 4.90 Å². The molecule has 3 heterocycles. The summed E-state index contributed by atoms with van der Waals surface area (Å²) in [5.41, 5.74) is 2.25. The van der Waals surface area contributed by atoms with Crippen LogP contribution in [0.3, 0.4) is 0 Å². The molecule has 5 rings (SSSR count). The largest absolute Gasteiger partial charge is 0.459 e. The molecular formula is C24H23FN2O2. The Bertz CT molecular complexity index is 995. The standard InChI is InChI=1S/C24H23FN2O2/c25-19-8-4-9-20(16-19)27-17-24(22(27)18-6-2-1-3-7-18)11-13-26(14-12-24)23(28)21-10-5-15-29-21/h1-10,15-16,22H,11-14,17H2. The lowest BCUT2D eigenvalue weighted by atomic mass is 9.63. The van der Waals surface area contributed by atoms with Crippen LogP contribution in [0, 0.1) is 11.2 Å². The Labute approximate surface area is 169 Å². The SMILES string of the molecule is O=C(c1ccco1)N1CCC2(CC1)CN(c1cccc(F)c1)C2c1ccccc1. The zero-order valence-corrected chi connectivity index (χ0v) is 16.1. The molecule has 0 N–H and O–H groups in total. The van der Waals surface area contributed by atoms with E-state index in [1.807, 2.05) is 17.0 Å². The summed E-state index contributed by atoms with van der Waals surface area (Å²) in [4.78, 5) is 16.8. The lowest BCUT2D eigenvalue weighted by molar-refractivity contribution is 0.0254. The summed E-state index contributed by atoms with van der Waals surface area (Å²) in [6.07, 6.45) is 3.38. The first-order valence-electron chi connectivity index (χ1n) is 10.1. The molecule has 0 aliphatic carbocycles. The number of likely N-dealkylation sites (tertiary alicyclic amines) is 1. The highest BCUT2D eigenvalue weighted by molar-refractivity contribution is 5.91. The first-order valence-corrected chi connectivity index (χ1v) is 10.1. The van der Waals surface area contributed by atoms with Crippen LogP contribution in [0.2, 0.25) is 0 Å². The molecule has 2 aliphatic rings. The van der Waals surface area contributed by atoms with Crippen molar-refractivity contribution in [2.45, 2.75) is 18.9 Å². The van der Waals surface area contributed by atoms with E-state index in [1.165, 1.54) is 17.9 Å². The summed E-state index contributed by atoms with van der Waals surface area (Å²) >= 11 is 0. The number of amides is 1. The molecule has 4 nitrogen and oxygen atoms in total. The van der Waals surface area contributed by atoms with Gasteiger partial charge in [-0.2, -0.15) is 0 Å². The highest BCUT2D eigenvalue weighted by Crippen LogP contribution is 2.56. The summed E-state index contributed by atoms with van der Waals surface area (Å²) in [6, 6.07) is 20.9. The molecule has 2 fully saturated rings. The third-order valence-corrected chi connectivity index (χ3v) is 6.41. The summed E-state index contributed by atoms with van der Waals surface area (Å²) in [5.74, 6) is 0.145. The van der Waals surface area contributed by atoms with Gasteiger partial charge in [0.15, 0.2) is 5.76 Å². The van der Waals surface area contributed by atoms with E-state index in [9.17, 15) is 9.18 Å². The van der Waals surface area contributed by atoms with Crippen molar-refractivity contribution in [3.63, 3.8) is 0 Å². The number of hydrogen-bond donors (Lipinski definition) is 0. The number of benzene rings is 2. The van der Waals surface area contributed by atoms with Crippen LogP contribution in [-0.2, 0) is 0 Å². The number of piperidine rings is 1. The van der Waals surface area contributed by atoms with Gasteiger partial charge in [-0.25, -0.2) is 4.39 Å². The molecule has 1 spiro atoms. The number of rotatable bonds is 3. The number of furan rings is 1. The van der Waals surface area contributed by atoms with Crippen LogP contribution in [0.15, 0.2) is 77.4 Å². The van der Waals surface area contributed by atoms with E-state index in [1.54, 1.807) is 24.3 Å². The number of hydrogen-bond acceptors (Lipinski definition) is 3. The number of nitrogens with zero attached hydrogens (tertiary/aromatic N) is 2. The summed E-state index contributed by atoms with van der Waals surface area (Å²) in [5, 5.41) is 0. The van der Waals surface area contributed by atoms with Crippen molar-refractivity contribution in [1.82, 2.24) is 4.90 Å². The molecule has 5 heteroatoms. The van der Waals surface area contributed by atoms with Gasteiger partial charge in [0.1, 0.15) is 5.82 Å². The second kappa shape index (κ2) is 7.07.